The second kappa shape index (κ2) is 7.80. The predicted octanol–water partition coefficient (Wildman–Crippen LogP) is 2.75. The molecule has 0 saturated carbocycles. The van der Waals surface area contributed by atoms with Crippen molar-refractivity contribution in [3.63, 3.8) is 0 Å². The van der Waals surface area contributed by atoms with E-state index in [4.69, 9.17) is 5.11 Å². The molecule has 0 saturated heterocycles. The molecule has 0 bridgehead atoms. The number of allylic oxidation sites excluding steroid dienone is 2. The lowest BCUT2D eigenvalue weighted by Gasteiger charge is -2.00. The highest BCUT2D eigenvalue weighted by molar-refractivity contribution is 4.85. The van der Waals surface area contributed by atoms with E-state index in [0.717, 1.165) is 6.42 Å². The van der Waals surface area contributed by atoms with Gasteiger partial charge in [-0.1, -0.05) is 38.8 Å². The second-order valence-electron chi connectivity index (χ2n) is 3.06. The number of aliphatic hydroxyl groups is 1. The molecule has 1 atom stereocenters. The summed E-state index contributed by atoms with van der Waals surface area (Å²) in [6, 6.07) is 0. The van der Waals surface area contributed by atoms with E-state index in [1.807, 2.05) is 0 Å². The Morgan fingerprint density at radius 3 is 2.73 bits per heavy atom. The van der Waals surface area contributed by atoms with Gasteiger partial charge in [-0.3, -0.25) is 0 Å². The number of hydrogen-bond acceptors (Lipinski definition) is 1. The van der Waals surface area contributed by atoms with Gasteiger partial charge in [0.25, 0.3) is 0 Å². The molecule has 0 aromatic heterocycles. The van der Waals surface area contributed by atoms with Gasteiger partial charge in [0.05, 0.1) is 0 Å². The van der Waals surface area contributed by atoms with Gasteiger partial charge < -0.3 is 5.11 Å². The van der Waals surface area contributed by atoms with Crippen LogP contribution >= 0.6 is 0 Å². The first-order valence-electron chi connectivity index (χ1n) is 4.58. The lowest BCUT2D eigenvalue weighted by atomic mass is 10.1. The average Bonchev–Trinajstić information content (AvgIpc) is 1.99. The summed E-state index contributed by atoms with van der Waals surface area (Å²) < 4.78 is 0. The minimum Gasteiger partial charge on any atom is -0.396 e. The zero-order chi connectivity index (χ0) is 8.53. The molecule has 11 heavy (non-hydrogen) atoms. The fraction of sp³-hybridized carbons (Fsp3) is 0.800. The Kier molecular flexibility index (Phi) is 7.59. The minimum atomic E-state index is 0.305. The molecule has 0 aliphatic rings. The molecular weight excluding hydrogens is 136 g/mol. The molecule has 0 aliphatic heterocycles. The maximum absolute atomic E-state index is 8.61. The van der Waals surface area contributed by atoms with E-state index in [-0.39, 0.29) is 0 Å². The molecule has 0 radical (unpaired) electrons. The number of unbranched alkanes of at least 4 members (excludes halogenated alkanes) is 2. The third-order valence-electron chi connectivity index (χ3n) is 1.77. The van der Waals surface area contributed by atoms with Gasteiger partial charge in [-0.25, -0.2) is 0 Å². The van der Waals surface area contributed by atoms with Crippen LogP contribution in [0.5, 0.6) is 0 Å². The van der Waals surface area contributed by atoms with Crippen LogP contribution in [0.3, 0.4) is 0 Å². The van der Waals surface area contributed by atoms with E-state index in [2.05, 4.69) is 26.0 Å². The van der Waals surface area contributed by atoms with Crippen molar-refractivity contribution in [2.45, 2.75) is 39.5 Å². The Hall–Kier alpha value is -0.300. The Bertz CT molecular complexity index is 97.0. The van der Waals surface area contributed by atoms with Crippen LogP contribution in [0.25, 0.3) is 0 Å². The fourth-order valence-corrected chi connectivity index (χ4v) is 0.950. The van der Waals surface area contributed by atoms with Crippen molar-refractivity contribution >= 4 is 0 Å². The zero-order valence-electron chi connectivity index (χ0n) is 7.71. The van der Waals surface area contributed by atoms with Crippen molar-refractivity contribution in [2.75, 3.05) is 6.61 Å². The molecule has 0 amide bonds. The molecule has 66 valence electrons. The number of rotatable bonds is 6. The van der Waals surface area contributed by atoms with Gasteiger partial charge >= 0.3 is 0 Å². The molecule has 1 N–H and O–H groups in total. The summed E-state index contributed by atoms with van der Waals surface area (Å²) in [6.45, 7) is 4.64. The van der Waals surface area contributed by atoms with Crippen molar-refractivity contribution in [3.05, 3.63) is 12.2 Å². The Morgan fingerprint density at radius 1 is 1.45 bits per heavy atom. The summed E-state index contributed by atoms with van der Waals surface area (Å²) in [5, 5.41) is 8.61. The largest absolute Gasteiger partial charge is 0.396 e. The summed E-state index contributed by atoms with van der Waals surface area (Å²) in [5.74, 6) is 0.539. The topological polar surface area (TPSA) is 20.2 Å². The molecule has 0 spiro atoms. The molecule has 0 rings (SSSR count). The van der Waals surface area contributed by atoms with Crippen molar-refractivity contribution in [1.29, 1.82) is 0 Å². The van der Waals surface area contributed by atoms with Crippen LogP contribution < -0.4 is 0 Å². The lowest BCUT2D eigenvalue weighted by molar-refractivity contribution is 0.274. The van der Waals surface area contributed by atoms with Crippen LogP contribution in [0.1, 0.15) is 39.5 Å². The maximum atomic E-state index is 8.61. The van der Waals surface area contributed by atoms with Gasteiger partial charge in [0.1, 0.15) is 0 Å². The van der Waals surface area contributed by atoms with Crippen molar-refractivity contribution in [3.8, 4) is 0 Å². The fourth-order valence-electron chi connectivity index (χ4n) is 0.950. The van der Waals surface area contributed by atoms with Crippen LogP contribution in [-0.4, -0.2) is 11.7 Å². The van der Waals surface area contributed by atoms with Crippen LogP contribution in [0.15, 0.2) is 12.2 Å². The van der Waals surface area contributed by atoms with Crippen molar-refractivity contribution in [1.82, 2.24) is 0 Å². The minimum absolute atomic E-state index is 0.305. The third-order valence-corrected chi connectivity index (χ3v) is 1.77. The normalized spacial score (nSPS) is 14.1. The van der Waals surface area contributed by atoms with Crippen LogP contribution in [0, 0.1) is 5.92 Å². The molecule has 0 fully saturated rings. The van der Waals surface area contributed by atoms with Gasteiger partial charge in [0, 0.05) is 6.61 Å². The van der Waals surface area contributed by atoms with E-state index >= 15 is 0 Å². The molecule has 0 aliphatic carbocycles. The second-order valence-corrected chi connectivity index (χ2v) is 3.06. The first-order valence-corrected chi connectivity index (χ1v) is 4.58. The Balaban J connectivity index is 3.24. The third kappa shape index (κ3) is 7.60. The van der Waals surface area contributed by atoms with Gasteiger partial charge in [0.15, 0.2) is 0 Å². The molecule has 1 unspecified atom stereocenters. The quantitative estimate of drug-likeness (QED) is 0.463. The highest BCUT2D eigenvalue weighted by Gasteiger charge is 1.92. The smallest absolute Gasteiger partial charge is 0.0436 e. The SMILES string of the molecule is CCCC/C=C/C(C)CCO. The lowest BCUT2D eigenvalue weighted by Crippen LogP contribution is -1.92. The summed E-state index contributed by atoms with van der Waals surface area (Å²) >= 11 is 0. The van der Waals surface area contributed by atoms with Gasteiger partial charge in [-0.15, -0.1) is 0 Å². The molecule has 1 heteroatoms. The van der Waals surface area contributed by atoms with E-state index < -0.39 is 0 Å². The van der Waals surface area contributed by atoms with E-state index in [1.165, 1.54) is 19.3 Å². The summed E-state index contributed by atoms with van der Waals surface area (Å²) in [5.41, 5.74) is 0. The highest BCUT2D eigenvalue weighted by atomic mass is 16.2. The molecule has 1 nitrogen and oxygen atoms in total. The first kappa shape index (κ1) is 10.7. The van der Waals surface area contributed by atoms with Gasteiger partial charge in [-0.2, -0.15) is 0 Å². The van der Waals surface area contributed by atoms with Crippen LogP contribution in [0.2, 0.25) is 0 Å². The standard InChI is InChI=1S/C10H20O/c1-3-4-5-6-7-10(2)8-9-11/h6-7,10-11H,3-5,8-9H2,1-2H3/b7-6+. The van der Waals surface area contributed by atoms with Crippen LogP contribution in [-0.2, 0) is 0 Å². The van der Waals surface area contributed by atoms with Crippen molar-refractivity contribution in [2.24, 2.45) is 5.92 Å². The van der Waals surface area contributed by atoms with Crippen LogP contribution in [0.4, 0.5) is 0 Å². The molecule has 0 heterocycles. The zero-order valence-corrected chi connectivity index (χ0v) is 7.71. The predicted molar refractivity (Wildman–Crippen MR) is 49.5 cm³/mol. The average molecular weight is 156 g/mol. The van der Waals surface area contributed by atoms with E-state index in [9.17, 15) is 0 Å². The Labute approximate surface area is 70.1 Å². The summed E-state index contributed by atoms with van der Waals surface area (Å²) in [7, 11) is 0. The number of aliphatic hydroxyl groups excluding tert-OH is 1. The van der Waals surface area contributed by atoms with Gasteiger partial charge in [0.2, 0.25) is 0 Å². The Morgan fingerprint density at radius 2 is 2.18 bits per heavy atom. The first-order chi connectivity index (χ1) is 5.31. The monoisotopic (exact) mass is 156 g/mol. The molecular formula is C10H20O. The van der Waals surface area contributed by atoms with E-state index in [1.54, 1.807) is 0 Å². The van der Waals surface area contributed by atoms with Crippen molar-refractivity contribution < 1.29 is 5.11 Å². The maximum Gasteiger partial charge on any atom is 0.0436 e. The van der Waals surface area contributed by atoms with Gasteiger partial charge in [-0.05, 0) is 18.8 Å². The summed E-state index contributed by atoms with van der Waals surface area (Å²) in [6.07, 6.45) is 9.05. The number of hydrogen-bond donors (Lipinski definition) is 1. The highest BCUT2D eigenvalue weighted by Crippen LogP contribution is 2.04. The summed E-state index contributed by atoms with van der Waals surface area (Å²) in [4.78, 5) is 0. The molecule has 0 aromatic carbocycles. The van der Waals surface area contributed by atoms with E-state index in [0.29, 0.717) is 12.5 Å². The molecule has 0 aromatic rings.